The van der Waals surface area contributed by atoms with Crippen LogP contribution in [0.1, 0.15) is 37.2 Å². The standard InChI is InChI=1S/C22H22N6O3/c1-22(2,3)31-21(30)27-18(14-7-5-4-6-8-14)20(29)28-10-9-16-17(15-11-25-26-12-15)23-13-24-19(16)28/h4-13,18H,1-3H3,(H,25,26)(H,27,30)/t18-/m0/s1. The number of hydrogen-bond acceptors (Lipinski definition) is 6. The smallest absolute Gasteiger partial charge is 0.408 e. The summed E-state index contributed by atoms with van der Waals surface area (Å²) in [6, 6.07) is 9.81. The largest absolute Gasteiger partial charge is 0.444 e. The van der Waals surface area contributed by atoms with E-state index in [1.54, 1.807) is 69.7 Å². The van der Waals surface area contributed by atoms with Gasteiger partial charge in [-0.1, -0.05) is 30.3 Å². The van der Waals surface area contributed by atoms with Gasteiger partial charge in [-0.2, -0.15) is 5.10 Å². The average Bonchev–Trinajstić information content (AvgIpc) is 3.40. The minimum absolute atomic E-state index is 0.371. The normalized spacial score (nSPS) is 12.5. The lowest BCUT2D eigenvalue weighted by molar-refractivity contribution is 0.0482. The Bertz CT molecular complexity index is 1210. The number of nitrogens with zero attached hydrogens (tertiary/aromatic N) is 4. The van der Waals surface area contributed by atoms with E-state index in [1.165, 1.54) is 10.9 Å². The van der Waals surface area contributed by atoms with E-state index in [9.17, 15) is 9.59 Å². The molecule has 0 radical (unpaired) electrons. The van der Waals surface area contributed by atoms with Crippen LogP contribution in [0.4, 0.5) is 4.79 Å². The van der Waals surface area contributed by atoms with Gasteiger partial charge in [0.15, 0.2) is 5.65 Å². The van der Waals surface area contributed by atoms with Crippen LogP contribution < -0.4 is 5.32 Å². The molecule has 0 fully saturated rings. The van der Waals surface area contributed by atoms with Gasteiger partial charge in [0.05, 0.1) is 11.9 Å². The number of hydrogen-bond donors (Lipinski definition) is 2. The second-order valence-corrected chi connectivity index (χ2v) is 7.96. The maximum absolute atomic E-state index is 13.5. The van der Waals surface area contributed by atoms with Crippen LogP contribution in [-0.2, 0) is 4.74 Å². The zero-order chi connectivity index (χ0) is 22.0. The minimum atomic E-state index is -0.959. The van der Waals surface area contributed by atoms with Gasteiger partial charge in [-0.25, -0.2) is 14.8 Å². The molecule has 0 saturated carbocycles. The van der Waals surface area contributed by atoms with Gasteiger partial charge in [-0.05, 0) is 32.4 Å². The molecule has 0 bridgehead atoms. The molecule has 0 aliphatic rings. The Kier molecular flexibility index (Phi) is 5.24. The number of fused-ring (bicyclic) bond motifs is 1. The summed E-state index contributed by atoms with van der Waals surface area (Å²) in [4.78, 5) is 34.6. The molecule has 158 valence electrons. The van der Waals surface area contributed by atoms with Crippen LogP contribution in [-0.4, -0.2) is 42.3 Å². The zero-order valence-electron chi connectivity index (χ0n) is 17.4. The molecule has 9 nitrogen and oxygen atoms in total. The fourth-order valence-corrected chi connectivity index (χ4v) is 3.24. The number of nitrogens with one attached hydrogen (secondary N) is 2. The highest BCUT2D eigenvalue weighted by atomic mass is 16.6. The van der Waals surface area contributed by atoms with Crippen LogP contribution in [0, 0.1) is 0 Å². The second-order valence-electron chi connectivity index (χ2n) is 7.96. The number of rotatable bonds is 4. The molecule has 4 rings (SSSR count). The van der Waals surface area contributed by atoms with Crippen molar-refractivity contribution < 1.29 is 14.3 Å². The lowest BCUT2D eigenvalue weighted by Crippen LogP contribution is -2.39. The first-order valence-electron chi connectivity index (χ1n) is 9.73. The van der Waals surface area contributed by atoms with Crippen LogP contribution in [0.3, 0.4) is 0 Å². The monoisotopic (exact) mass is 418 g/mol. The SMILES string of the molecule is CC(C)(C)OC(=O)N[C@H](C(=O)n1ccc2c(-c3cn[nH]c3)ncnc21)c1ccccc1. The molecule has 0 aliphatic carbocycles. The van der Waals surface area contributed by atoms with Gasteiger partial charge in [0.1, 0.15) is 18.0 Å². The van der Waals surface area contributed by atoms with E-state index >= 15 is 0 Å². The Morgan fingerprint density at radius 3 is 2.58 bits per heavy atom. The third-order valence-corrected chi connectivity index (χ3v) is 4.53. The van der Waals surface area contributed by atoms with Crippen molar-refractivity contribution in [1.29, 1.82) is 0 Å². The summed E-state index contributed by atoms with van der Waals surface area (Å²) >= 11 is 0. The number of aromatic nitrogens is 5. The molecule has 9 heteroatoms. The molecule has 0 saturated heterocycles. The lowest BCUT2D eigenvalue weighted by atomic mass is 10.1. The van der Waals surface area contributed by atoms with E-state index in [4.69, 9.17) is 4.74 Å². The summed E-state index contributed by atoms with van der Waals surface area (Å²) in [6.07, 6.45) is 5.71. The molecule has 1 aromatic carbocycles. The lowest BCUT2D eigenvalue weighted by Gasteiger charge is -2.23. The van der Waals surface area contributed by atoms with Gasteiger partial charge in [0, 0.05) is 23.3 Å². The van der Waals surface area contributed by atoms with Crippen molar-refractivity contribution in [1.82, 2.24) is 30.0 Å². The molecule has 0 aliphatic heterocycles. The van der Waals surface area contributed by atoms with E-state index in [2.05, 4.69) is 25.5 Å². The summed E-state index contributed by atoms with van der Waals surface area (Å²) in [5.74, 6) is -0.371. The summed E-state index contributed by atoms with van der Waals surface area (Å²) in [5, 5.41) is 10.1. The number of amides is 1. The fraction of sp³-hybridized carbons (Fsp3) is 0.227. The van der Waals surface area contributed by atoms with E-state index < -0.39 is 17.7 Å². The maximum atomic E-state index is 13.5. The number of carbonyl (C=O) groups excluding carboxylic acids is 2. The summed E-state index contributed by atoms with van der Waals surface area (Å²) in [7, 11) is 0. The van der Waals surface area contributed by atoms with Gasteiger partial charge >= 0.3 is 6.09 Å². The van der Waals surface area contributed by atoms with Crippen molar-refractivity contribution in [2.45, 2.75) is 32.4 Å². The highest BCUT2D eigenvalue weighted by Gasteiger charge is 2.28. The van der Waals surface area contributed by atoms with Crippen molar-refractivity contribution in [2.24, 2.45) is 0 Å². The van der Waals surface area contributed by atoms with Crippen molar-refractivity contribution in [3.8, 4) is 11.3 Å². The average molecular weight is 418 g/mol. The number of alkyl carbamates (subject to hydrolysis) is 1. The fourth-order valence-electron chi connectivity index (χ4n) is 3.24. The zero-order valence-corrected chi connectivity index (χ0v) is 17.4. The Labute approximate surface area is 178 Å². The van der Waals surface area contributed by atoms with Crippen LogP contribution in [0.5, 0.6) is 0 Å². The Morgan fingerprint density at radius 2 is 1.90 bits per heavy atom. The van der Waals surface area contributed by atoms with Gasteiger partial charge in [-0.3, -0.25) is 14.5 Å². The van der Waals surface area contributed by atoms with Crippen LogP contribution in [0.2, 0.25) is 0 Å². The molecule has 0 unspecified atom stereocenters. The third-order valence-electron chi connectivity index (χ3n) is 4.53. The Balaban J connectivity index is 1.73. The molecule has 1 atom stereocenters. The molecule has 3 heterocycles. The highest BCUT2D eigenvalue weighted by Crippen LogP contribution is 2.27. The van der Waals surface area contributed by atoms with Crippen molar-refractivity contribution in [3.05, 3.63) is 66.9 Å². The summed E-state index contributed by atoms with van der Waals surface area (Å²) in [6.45, 7) is 5.29. The molecular formula is C22H22N6O3. The Morgan fingerprint density at radius 1 is 1.13 bits per heavy atom. The molecule has 1 amide bonds. The quantitative estimate of drug-likeness (QED) is 0.522. The predicted molar refractivity (Wildman–Crippen MR) is 114 cm³/mol. The molecular weight excluding hydrogens is 396 g/mol. The molecule has 3 aromatic heterocycles. The minimum Gasteiger partial charge on any atom is -0.444 e. The number of carbonyl (C=O) groups is 2. The predicted octanol–water partition coefficient (Wildman–Crippen LogP) is 3.73. The third kappa shape index (κ3) is 4.30. The number of ether oxygens (including phenoxy) is 1. The first-order valence-corrected chi connectivity index (χ1v) is 9.73. The van der Waals surface area contributed by atoms with Gasteiger partial charge in [-0.15, -0.1) is 0 Å². The maximum Gasteiger partial charge on any atom is 0.408 e. The van der Waals surface area contributed by atoms with Gasteiger partial charge in [0.25, 0.3) is 5.91 Å². The first kappa shape index (κ1) is 20.3. The topological polar surface area (TPSA) is 115 Å². The second kappa shape index (κ2) is 8.02. The molecule has 4 aromatic rings. The van der Waals surface area contributed by atoms with E-state index in [0.29, 0.717) is 22.3 Å². The van der Waals surface area contributed by atoms with Crippen molar-refractivity contribution >= 4 is 23.0 Å². The molecule has 0 spiro atoms. The van der Waals surface area contributed by atoms with Gasteiger partial charge in [0.2, 0.25) is 0 Å². The molecule has 31 heavy (non-hydrogen) atoms. The number of aromatic amines is 1. The van der Waals surface area contributed by atoms with Crippen LogP contribution >= 0.6 is 0 Å². The number of benzene rings is 1. The van der Waals surface area contributed by atoms with Crippen molar-refractivity contribution in [3.63, 3.8) is 0 Å². The van der Waals surface area contributed by atoms with Crippen LogP contribution in [0.25, 0.3) is 22.3 Å². The van der Waals surface area contributed by atoms with Crippen LogP contribution in [0.15, 0.2) is 61.3 Å². The van der Waals surface area contributed by atoms with E-state index in [0.717, 1.165) is 5.56 Å². The van der Waals surface area contributed by atoms with E-state index in [-0.39, 0.29) is 5.91 Å². The Hall–Kier alpha value is -4.01. The van der Waals surface area contributed by atoms with Crippen molar-refractivity contribution in [2.75, 3.05) is 0 Å². The number of H-pyrrole nitrogens is 1. The summed E-state index contributed by atoms with van der Waals surface area (Å²) < 4.78 is 6.78. The van der Waals surface area contributed by atoms with Gasteiger partial charge < -0.3 is 10.1 Å². The first-order chi connectivity index (χ1) is 14.8. The molecule has 2 N–H and O–H groups in total. The highest BCUT2D eigenvalue weighted by molar-refractivity contribution is 5.99. The summed E-state index contributed by atoms with van der Waals surface area (Å²) in [5.41, 5.74) is 1.81. The van der Waals surface area contributed by atoms with E-state index in [1.807, 2.05) is 6.07 Å².